The van der Waals surface area contributed by atoms with Gasteiger partial charge in [0.05, 0.1) is 36.0 Å². The Labute approximate surface area is 201 Å². The summed E-state index contributed by atoms with van der Waals surface area (Å²) in [7, 11) is 0. The quantitative estimate of drug-likeness (QED) is 0.334. The lowest BCUT2D eigenvalue weighted by Gasteiger charge is -2.29. The Kier molecular flexibility index (Phi) is 6.28. The molecule has 0 amide bonds. The number of aromatic amines is 2. The first-order valence-electron chi connectivity index (χ1n) is 11.2. The minimum atomic E-state index is -0.792. The highest BCUT2D eigenvalue weighted by molar-refractivity contribution is 6.30. The first-order chi connectivity index (χ1) is 16.5. The molecule has 0 unspecified atom stereocenters. The van der Waals surface area contributed by atoms with E-state index in [1.165, 1.54) is 0 Å². The highest BCUT2D eigenvalue weighted by atomic mass is 35.5. The lowest BCUT2D eigenvalue weighted by atomic mass is 10.1. The molecule has 1 fully saturated rings. The first-order valence-corrected chi connectivity index (χ1v) is 11.6. The van der Waals surface area contributed by atoms with Crippen LogP contribution in [0.3, 0.4) is 0 Å². The number of nitrogens with one attached hydrogen (secondary N) is 3. The van der Waals surface area contributed by atoms with Crippen LogP contribution in [-0.4, -0.2) is 52.9 Å². The standard InChI is InChI=1S/C25H26ClN5O3/c1-15-11-18(31-7-9-34-10-8-31)13-20-23(15)30-24(29-20)22-19(5-6-27-25(22)33)28-14-21(32)16-3-2-4-17(26)12-16/h2-6,11-13,21,32H,7-10,14H2,1H3,(H,29,30)(H2,27,28,33)/t21-/m0/s1. The summed E-state index contributed by atoms with van der Waals surface area (Å²) in [6, 6.07) is 13.0. The van der Waals surface area contributed by atoms with Crippen LogP contribution in [0.1, 0.15) is 17.2 Å². The van der Waals surface area contributed by atoms with Crippen LogP contribution < -0.4 is 15.8 Å². The molecule has 1 atom stereocenters. The van der Waals surface area contributed by atoms with Gasteiger partial charge in [0.2, 0.25) is 0 Å². The fraction of sp³-hybridized carbons (Fsp3) is 0.280. The number of aliphatic hydroxyl groups excluding tert-OH is 1. The summed E-state index contributed by atoms with van der Waals surface area (Å²) in [5.74, 6) is 0.471. The smallest absolute Gasteiger partial charge is 0.261 e. The molecule has 8 nitrogen and oxygen atoms in total. The van der Waals surface area contributed by atoms with Gasteiger partial charge in [0.15, 0.2) is 0 Å². The maximum atomic E-state index is 12.8. The topological polar surface area (TPSA) is 106 Å². The Morgan fingerprint density at radius 2 is 2.06 bits per heavy atom. The van der Waals surface area contributed by atoms with E-state index in [9.17, 15) is 9.90 Å². The van der Waals surface area contributed by atoms with Crippen molar-refractivity contribution in [1.29, 1.82) is 0 Å². The van der Waals surface area contributed by atoms with Gasteiger partial charge < -0.3 is 30.0 Å². The van der Waals surface area contributed by atoms with E-state index in [0.717, 1.165) is 35.4 Å². The van der Waals surface area contributed by atoms with Crippen molar-refractivity contribution in [2.45, 2.75) is 13.0 Å². The highest BCUT2D eigenvalue weighted by Gasteiger charge is 2.18. The molecule has 34 heavy (non-hydrogen) atoms. The number of pyridine rings is 1. The average Bonchev–Trinajstić information content (AvgIpc) is 3.27. The van der Waals surface area contributed by atoms with Gasteiger partial charge in [-0.1, -0.05) is 23.7 Å². The van der Waals surface area contributed by atoms with E-state index in [-0.39, 0.29) is 12.1 Å². The van der Waals surface area contributed by atoms with Crippen molar-refractivity contribution in [2.75, 3.05) is 43.1 Å². The number of aryl methyl sites for hydroxylation is 1. The maximum Gasteiger partial charge on any atom is 0.261 e. The molecule has 4 aromatic rings. The number of hydrogen-bond donors (Lipinski definition) is 4. The second-order valence-corrected chi connectivity index (χ2v) is 8.83. The summed E-state index contributed by atoms with van der Waals surface area (Å²) in [5, 5.41) is 14.4. The second-order valence-electron chi connectivity index (χ2n) is 8.39. The summed E-state index contributed by atoms with van der Waals surface area (Å²) in [5.41, 5.74) is 5.21. The molecule has 3 heterocycles. The van der Waals surface area contributed by atoms with Gasteiger partial charge >= 0.3 is 0 Å². The lowest BCUT2D eigenvalue weighted by Crippen LogP contribution is -2.36. The molecule has 0 aliphatic carbocycles. The molecule has 9 heteroatoms. The molecular formula is C25H26ClN5O3. The van der Waals surface area contributed by atoms with E-state index in [0.29, 0.717) is 40.9 Å². The number of nitrogens with zero attached hydrogens (tertiary/aromatic N) is 2. The largest absolute Gasteiger partial charge is 0.387 e. The number of fused-ring (bicyclic) bond motifs is 1. The molecule has 1 aliphatic heterocycles. The van der Waals surface area contributed by atoms with E-state index < -0.39 is 6.10 Å². The number of aliphatic hydroxyl groups is 1. The Hall–Kier alpha value is -3.33. The molecule has 1 saturated heterocycles. The summed E-state index contributed by atoms with van der Waals surface area (Å²) in [6.07, 6.45) is 0.782. The number of aromatic nitrogens is 3. The van der Waals surface area contributed by atoms with Crippen LogP contribution >= 0.6 is 11.6 Å². The van der Waals surface area contributed by atoms with Crippen molar-refractivity contribution in [3.63, 3.8) is 0 Å². The molecule has 2 aromatic heterocycles. The van der Waals surface area contributed by atoms with Crippen LogP contribution in [0.25, 0.3) is 22.4 Å². The minimum Gasteiger partial charge on any atom is -0.387 e. The van der Waals surface area contributed by atoms with Gasteiger partial charge in [-0.05, 0) is 48.4 Å². The number of imidazole rings is 1. The van der Waals surface area contributed by atoms with Crippen LogP contribution in [0.15, 0.2) is 53.5 Å². The summed E-state index contributed by atoms with van der Waals surface area (Å²) in [6.45, 7) is 5.33. The molecule has 1 aliphatic rings. The van der Waals surface area contributed by atoms with Crippen molar-refractivity contribution >= 4 is 34.0 Å². The molecule has 0 spiro atoms. The van der Waals surface area contributed by atoms with E-state index in [2.05, 4.69) is 32.3 Å². The Bertz CT molecular complexity index is 1380. The second kappa shape index (κ2) is 9.50. The summed E-state index contributed by atoms with van der Waals surface area (Å²) < 4.78 is 5.47. The monoisotopic (exact) mass is 479 g/mol. The average molecular weight is 480 g/mol. The lowest BCUT2D eigenvalue weighted by molar-refractivity contribution is 0.122. The van der Waals surface area contributed by atoms with Gasteiger partial charge in [-0.25, -0.2) is 4.98 Å². The van der Waals surface area contributed by atoms with Gasteiger partial charge in [0.1, 0.15) is 11.4 Å². The van der Waals surface area contributed by atoms with E-state index in [4.69, 9.17) is 21.3 Å². The summed E-state index contributed by atoms with van der Waals surface area (Å²) in [4.78, 5) is 25.9. The minimum absolute atomic E-state index is 0.206. The van der Waals surface area contributed by atoms with Gasteiger partial charge in [-0.3, -0.25) is 4.79 Å². The maximum absolute atomic E-state index is 12.8. The molecule has 2 aromatic carbocycles. The van der Waals surface area contributed by atoms with Crippen LogP contribution in [0.4, 0.5) is 11.4 Å². The molecule has 0 saturated carbocycles. The van der Waals surface area contributed by atoms with E-state index in [1.807, 2.05) is 13.0 Å². The zero-order valence-electron chi connectivity index (χ0n) is 18.8. The van der Waals surface area contributed by atoms with Crippen molar-refractivity contribution in [1.82, 2.24) is 15.0 Å². The zero-order chi connectivity index (χ0) is 23.7. The fourth-order valence-electron chi connectivity index (χ4n) is 4.29. The first kappa shape index (κ1) is 22.5. The molecule has 176 valence electrons. The molecule has 0 radical (unpaired) electrons. The highest BCUT2D eigenvalue weighted by Crippen LogP contribution is 2.30. The third kappa shape index (κ3) is 4.52. The van der Waals surface area contributed by atoms with Crippen LogP contribution in [0, 0.1) is 6.92 Å². The normalized spacial score (nSPS) is 15.0. The SMILES string of the molecule is Cc1cc(N2CCOCC2)cc2[nH]c(-c3c(NC[C@H](O)c4cccc(Cl)c4)cc[nH]c3=O)nc12. The van der Waals surface area contributed by atoms with Gasteiger partial charge in [-0.15, -0.1) is 0 Å². The number of rotatable bonds is 6. The number of hydrogen-bond acceptors (Lipinski definition) is 6. The van der Waals surface area contributed by atoms with Crippen LogP contribution in [0.2, 0.25) is 5.02 Å². The third-order valence-electron chi connectivity index (χ3n) is 6.06. The number of benzene rings is 2. The molecular weight excluding hydrogens is 454 g/mol. The number of morpholine rings is 1. The zero-order valence-corrected chi connectivity index (χ0v) is 19.5. The van der Waals surface area contributed by atoms with Crippen molar-refractivity contribution < 1.29 is 9.84 Å². The molecule has 4 N–H and O–H groups in total. The van der Waals surface area contributed by atoms with Crippen molar-refractivity contribution in [2.24, 2.45) is 0 Å². The predicted octanol–water partition coefficient (Wildman–Crippen LogP) is 3.86. The number of H-pyrrole nitrogens is 2. The van der Waals surface area contributed by atoms with Crippen LogP contribution in [0.5, 0.6) is 0 Å². The fourth-order valence-corrected chi connectivity index (χ4v) is 4.49. The van der Waals surface area contributed by atoms with Crippen LogP contribution in [-0.2, 0) is 4.74 Å². The molecule has 0 bridgehead atoms. The van der Waals surface area contributed by atoms with Crippen molar-refractivity contribution in [3.05, 3.63) is 75.2 Å². The third-order valence-corrected chi connectivity index (χ3v) is 6.29. The van der Waals surface area contributed by atoms with E-state index >= 15 is 0 Å². The Balaban J connectivity index is 1.46. The Morgan fingerprint density at radius 1 is 1.24 bits per heavy atom. The van der Waals surface area contributed by atoms with Crippen molar-refractivity contribution in [3.8, 4) is 11.4 Å². The summed E-state index contributed by atoms with van der Waals surface area (Å²) >= 11 is 6.05. The predicted molar refractivity (Wildman–Crippen MR) is 135 cm³/mol. The van der Waals surface area contributed by atoms with E-state index in [1.54, 1.807) is 30.5 Å². The van der Waals surface area contributed by atoms with Gasteiger partial charge in [0, 0.05) is 36.5 Å². The van der Waals surface area contributed by atoms with Gasteiger partial charge in [0.25, 0.3) is 5.56 Å². The number of anilines is 2. The number of ether oxygens (including phenoxy) is 1. The number of halogens is 1. The Morgan fingerprint density at radius 3 is 2.85 bits per heavy atom. The molecule has 5 rings (SSSR count). The van der Waals surface area contributed by atoms with Gasteiger partial charge in [-0.2, -0.15) is 0 Å².